The van der Waals surface area contributed by atoms with Crippen LogP contribution in [0.2, 0.25) is 0 Å². The lowest BCUT2D eigenvalue weighted by molar-refractivity contribution is -0.116. The van der Waals surface area contributed by atoms with Gasteiger partial charge >= 0.3 is 0 Å². The number of fused-ring (bicyclic) bond motifs is 1. The molecule has 0 fully saturated rings. The van der Waals surface area contributed by atoms with Gasteiger partial charge < -0.3 is 4.90 Å². The third kappa shape index (κ3) is 4.82. The number of nitrogens with zero attached hydrogens (tertiary/aromatic N) is 4. The van der Waals surface area contributed by atoms with E-state index >= 15 is 0 Å². The van der Waals surface area contributed by atoms with Crippen molar-refractivity contribution in [2.24, 2.45) is 0 Å². The maximum atomic E-state index is 13.5. The van der Waals surface area contributed by atoms with Crippen molar-refractivity contribution in [3.8, 4) is 11.4 Å². The second kappa shape index (κ2) is 9.80. The zero-order valence-electron chi connectivity index (χ0n) is 17.7. The van der Waals surface area contributed by atoms with Gasteiger partial charge in [-0.3, -0.25) is 9.36 Å². The van der Waals surface area contributed by atoms with Crippen LogP contribution in [0.3, 0.4) is 0 Å². The van der Waals surface area contributed by atoms with Gasteiger partial charge in [-0.2, -0.15) is 0 Å². The largest absolute Gasteiger partial charge is 0.310 e. The summed E-state index contributed by atoms with van der Waals surface area (Å²) in [4.78, 5) is 16.1. The zero-order chi connectivity index (χ0) is 22.6. The molecule has 1 aromatic heterocycles. The molecule has 0 bridgehead atoms. The summed E-state index contributed by atoms with van der Waals surface area (Å²) in [6.07, 6.45) is 0. The number of thioether (sulfide) groups is 2. The van der Waals surface area contributed by atoms with Gasteiger partial charge in [0, 0.05) is 22.8 Å². The molecule has 1 amide bonds. The maximum absolute atomic E-state index is 13.5. The molecule has 0 aliphatic carbocycles. The summed E-state index contributed by atoms with van der Waals surface area (Å²) >= 11 is 3.15. The highest BCUT2D eigenvalue weighted by Gasteiger charge is 2.24. The van der Waals surface area contributed by atoms with Crippen molar-refractivity contribution in [1.82, 2.24) is 14.8 Å². The fourth-order valence-electron chi connectivity index (χ4n) is 3.75. The van der Waals surface area contributed by atoms with E-state index in [1.54, 1.807) is 23.9 Å². The van der Waals surface area contributed by atoms with Gasteiger partial charge in [0.25, 0.3) is 0 Å². The first-order chi connectivity index (χ1) is 16.2. The number of benzene rings is 3. The van der Waals surface area contributed by atoms with Crippen LogP contribution in [-0.2, 0) is 11.3 Å². The lowest BCUT2D eigenvalue weighted by atomic mass is 10.2. The summed E-state index contributed by atoms with van der Waals surface area (Å²) < 4.78 is 15.4. The molecular weight excluding hydrogens is 455 g/mol. The second-order valence-corrected chi connectivity index (χ2v) is 9.61. The minimum atomic E-state index is -0.298. The van der Waals surface area contributed by atoms with E-state index in [1.807, 2.05) is 58.0 Å². The van der Waals surface area contributed by atoms with Gasteiger partial charge in [-0.1, -0.05) is 54.2 Å². The Morgan fingerprint density at radius 1 is 0.970 bits per heavy atom. The quantitative estimate of drug-likeness (QED) is 0.351. The van der Waals surface area contributed by atoms with Crippen molar-refractivity contribution < 1.29 is 9.18 Å². The first-order valence-electron chi connectivity index (χ1n) is 10.6. The molecular formula is C25H21FN4OS2. The molecule has 1 aliphatic heterocycles. The molecule has 2 heterocycles. The number of amides is 1. The Kier molecular flexibility index (Phi) is 6.46. The molecule has 0 unspecified atom stereocenters. The van der Waals surface area contributed by atoms with Gasteiger partial charge in [-0.25, -0.2) is 4.39 Å². The molecule has 5 nitrogen and oxygen atoms in total. The van der Waals surface area contributed by atoms with Crippen LogP contribution < -0.4 is 4.90 Å². The lowest BCUT2D eigenvalue weighted by Crippen LogP contribution is -2.36. The summed E-state index contributed by atoms with van der Waals surface area (Å²) in [5.74, 6) is 1.54. The zero-order valence-corrected chi connectivity index (χ0v) is 19.4. The summed E-state index contributed by atoms with van der Waals surface area (Å²) in [5, 5.41) is 9.42. The topological polar surface area (TPSA) is 51.0 Å². The Labute approximate surface area is 200 Å². The lowest BCUT2D eigenvalue weighted by Gasteiger charge is -2.28. The summed E-state index contributed by atoms with van der Waals surface area (Å²) in [7, 11) is 0. The molecule has 4 aromatic rings. The molecule has 8 heteroatoms. The average Bonchev–Trinajstić information content (AvgIpc) is 3.25. The van der Waals surface area contributed by atoms with E-state index in [0.29, 0.717) is 24.1 Å². The van der Waals surface area contributed by atoms with Crippen molar-refractivity contribution in [1.29, 1.82) is 0 Å². The molecule has 5 rings (SSSR count). The Balaban J connectivity index is 1.40. The predicted octanol–water partition coefficient (Wildman–Crippen LogP) is 5.36. The minimum absolute atomic E-state index is 0.0466. The van der Waals surface area contributed by atoms with Crippen molar-refractivity contribution >= 4 is 35.1 Å². The van der Waals surface area contributed by atoms with Gasteiger partial charge in [-0.05, 0) is 42.0 Å². The second-order valence-electron chi connectivity index (χ2n) is 7.54. The summed E-state index contributed by atoms with van der Waals surface area (Å²) in [6.45, 7) is 1.25. The van der Waals surface area contributed by atoms with Crippen LogP contribution in [0.15, 0.2) is 88.9 Å². The molecule has 0 atom stereocenters. The number of hydrogen-bond acceptors (Lipinski definition) is 5. The number of hydrogen-bond donors (Lipinski definition) is 0. The number of aromatic nitrogens is 3. The fraction of sp³-hybridized carbons (Fsp3) is 0.160. The fourth-order valence-corrected chi connectivity index (χ4v) is 5.56. The van der Waals surface area contributed by atoms with Crippen LogP contribution in [0.25, 0.3) is 11.4 Å². The molecule has 0 N–H and O–H groups in total. The van der Waals surface area contributed by atoms with Crippen molar-refractivity contribution in [3.05, 3.63) is 90.2 Å². The number of carbonyl (C=O) groups excluding carboxylic acids is 1. The first-order valence-corrected chi connectivity index (χ1v) is 12.5. The van der Waals surface area contributed by atoms with Gasteiger partial charge in [0.05, 0.1) is 18.0 Å². The maximum Gasteiger partial charge on any atom is 0.237 e. The van der Waals surface area contributed by atoms with Crippen LogP contribution in [0.1, 0.15) is 5.56 Å². The van der Waals surface area contributed by atoms with E-state index < -0.39 is 0 Å². The summed E-state index contributed by atoms with van der Waals surface area (Å²) in [5.41, 5.74) is 2.84. The van der Waals surface area contributed by atoms with Crippen LogP contribution in [0.5, 0.6) is 0 Å². The van der Waals surface area contributed by atoms with Crippen molar-refractivity contribution in [3.63, 3.8) is 0 Å². The average molecular weight is 477 g/mol. The molecule has 166 valence electrons. The molecule has 0 saturated heterocycles. The Hall–Kier alpha value is -3.10. The highest BCUT2D eigenvalue weighted by atomic mass is 32.2. The van der Waals surface area contributed by atoms with Crippen molar-refractivity contribution in [2.45, 2.75) is 16.6 Å². The van der Waals surface area contributed by atoms with Gasteiger partial charge in [0.15, 0.2) is 11.0 Å². The van der Waals surface area contributed by atoms with E-state index in [2.05, 4.69) is 16.3 Å². The number of halogens is 1. The highest BCUT2D eigenvalue weighted by molar-refractivity contribution is 8.00. The number of para-hydroxylation sites is 1. The molecule has 33 heavy (non-hydrogen) atoms. The van der Waals surface area contributed by atoms with E-state index in [0.717, 1.165) is 27.5 Å². The molecule has 0 saturated carbocycles. The van der Waals surface area contributed by atoms with E-state index in [1.165, 1.54) is 23.9 Å². The minimum Gasteiger partial charge on any atom is -0.310 e. The third-order valence-electron chi connectivity index (χ3n) is 5.36. The summed E-state index contributed by atoms with van der Waals surface area (Å²) in [6, 6.07) is 24.3. The van der Waals surface area contributed by atoms with Crippen LogP contribution in [0, 0.1) is 5.82 Å². The molecule has 3 aromatic carbocycles. The molecule has 0 spiro atoms. The molecule has 0 radical (unpaired) electrons. The van der Waals surface area contributed by atoms with Gasteiger partial charge in [-0.15, -0.1) is 22.0 Å². The van der Waals surface area contributed by atoms with Crippen LogP contribution >= 0.6 is 23.5 Å². The highest BCUT2D eigenvalue weighted by Crippen LogP contribution is 2.35. The third-order valence-corrected chi connectivity index (χ3v) is 7.35. The van der Waals surface area contributed by atoms with E-state index in [4.69, 9.17) is 0 Å². The Bertz CT molecular complexity index is 1260. The van der Waals surface area contributed by atoms with E-state index in [-0.39, 0.29) is 17.5 Å². The Morgan fingerprint density at radius 2 is 1.73 bits per heavy atom. The van der Waals surface area contributed by atoms with Gasteiger partial charge in [0.1, 0.15) is 5.82 Å². The number of carbonyl (C=O) groups is 1. The first kappa shape index (κ1) is 21.7. The normalized spacial score (nSPS) is 13.1. The van der Waals surface area contributed by atoms with Crippen molar-refractivity contribution in [2.75, 3.05) is 23.0 Å². The SMILES string of the molecule is O=C(CSc1nnc(-c2ccc(F)cc2)n1Cc1ccccc1)N1CCSc2ccccc21. The van der Waals surface area contributed by atoms with E-state index in [9.17, 15) is 9.18 Å². The monoisotopic (exact) mass is 476 g/mol. The van der Waals surface area contributed by atoms with Crippen LogP contribution in [-0.4, -0.2) is 38.7 Å². The molecule has 1 aliphatic rings. The standard InChI is InChI=1S/C25H21FN4OS2/c26-20-12-10-19(11-13-20)24-27-28-25(30(24)16-18-6-2-1-3-7-18)33-17-23(31)29-14-15-32-22-9-5-4-8-21(22)29/h1-13H,14-17H2. The predicted molar refractivity (Wildman–Crippen MR) is 131 cm³/mol. The Morgan fingerprint density at radius 3 is 2.55 bits per heavy atom. The van der Waals surface area contributed by atoms with Gasteiger partial charge in [0.2, 0.25) is 5.91 Å². The number of anilines is 1. The van der Waals surface area contributed by atoms with Crippen LogP contribution in [0.4, 0.5) is 10.1 Å². The number of rotatable bonds is 6. The smallest absolute Gasteiger partial charge is 0.237 e.